The molecule has 2 atom stereocenters. The van der Waals surface area contributed by atoms with Gasteiger partial charge in [-0.3, -0.25) is 4.98 Å². The minimum absolute atomic E-state index is 0.00106. The van der Waals surface area contributed by atoms with Crippen LogP contribution in [0.1, 0.15) is 35.1 Å². The second-order valence-corrected chi connectivity index (χ2v) is 6.50. The molecule has 2 aromatic heterocycles. The summed E-state index contributed by atoms with van der Waals surface area (Å²) in [6.45, 7) is 4.03. The lowest BCUT2D eigenvalue weighted by Gasteiger charge is -2.16. The summed E-state index contributed by atoms with van der Waals surface area (Å²) in [5.41, 5.74) is 2.08. The molecule has 2 heterocycles. The van der Waals surface area contributed by atoms with E-state index in [2.05, 4.69) is 20.9 Å². The number of pyridine rings is 1. The zero-order valence-corrected chi connectivity index (χ0v) is 12.1. The Bertz CT molecular complexity index is 478. The van der Waals surface area contributed by atoms with E-state index in [-0.39, 0.29) is 5.92 Å². The molecule has 2 aromatic rings. The van der Waals surface area contributed by atoms with E-state index in [1.54, 1.807) is 17.5 Å². The first-order valence-electron chi connectivity index (χ1n) is 5.44. The molecule has 0 aliphatic carbocycles. The average Bonchev–Trinajstić information content (AvgIpc) is 2.69. The van der Waals surface area contributed by atoms with Crippen molar-refractivity contribution in [3.63, 3.8) is 0 Å². The van der Waals surface area contributed by atoms with E-state index < -0.39 is 6.10 Å². The Morgan fingerprint density at radius 3 is 2.71 bits per heavy atom. The lowest BCUT2D eigenvalue weighted by Crippen LogP contribution is -2.07. The quantitative estimate of drug-likeness (QED) is 0.927. The molecule has 0 aromatic carbocycles. The number of aliphatic hydroxyl groups excluding tert-OH is 1. The molecular formula is C13H14BrNOS. The van der Waals surface area contributed by atoms with Crippen molar-refractivity contribution < 1.29 is 5.11 Å². The molecule has 0 bridgehead atoms. The molecule has 0 fully saturated rings. The van der Waals surface area contributed by atoms with Crippen LogP contribution in [-0.2, 0) is 0 Å². The molecule has 2 nitrogen and oxygen atoms in total. The van der Waals surface area contributed by atoms with Crippen molar-refractivity contribution in [3.05, 3.63) is 50.4 Å². The van der Waals surface area contributed by atoms with Gasteiger partial charge in [0.2, 0.25) is 0 Å². The summed E-state index contributed by atoms with van der Waals surface area (Å²) in [7, 11) is 0. The Hall–Kier alpha value is -0.710. The van der Waals surface area contributed by atoms with Crippen LogP contribution in [0.5, 0.6) is 0 Å². The highest BCUT2D eigenvalue weighted by atomic mass is 79.9. The fourth-order valence-electron chi connectivity index (χ4n) is 1.68. The van der Waals surface area contributed by atoms with Gasteiger partial charge in [0.15, 0.2) is 0 Å². The van der Waals surface area contributed by atoms with Gasteiger partial charge in [0, 0.05) is 22.7 Å². The number of hydrogen-bond acceptors (Lipinski definition) is 3. The van der Waals surface area contributed by atoms with Crippen LogP contribution in [0.4, 0.5) is 0 Å². The van der Waals surface area contributed by atoms with Crippen molar-refractivity contribution >= 4 is 27.3 Å². The van der Waals surface area contributed by atoms with Crippen molar-refractivity contribution in [1.29, 1.82) is 0 Å². The highest BCUT2D eigenvalue weighted by Crippen LogP contribution is 2.37. The summed E-state index contributed by atoms with van der Waals surface area (Å²) in [6, 6.07) is 7.80. The summed E-state index contributed by atoms with van der Waals surface area (Å²) in [6.07, 6.45) is 1.26. The standard InChI is InChI=1S/C13H14BrNOS/c1-8-7-11(17-13(8)14)12(16)9(2)10-5-3-4-6-15-10/h3-7,9,12,16H,1-2H3. The second kappa shape index (κ2) is 5.29. The lowest BCUT2D eigenvalue weighted by molar-refractivity contribution is 0.153. The molecule has 0 saturated heterocycles. The highest BCUT2D eigenvalue weighted by Gasteiger charge is 2.21. The molecule has 0 radical (unpaired) electrons. The smallest absolute Gasteiger partial charge is 0.0963 e. The minimum Gasteiger partial charge on any atom is -0.387 e. The number of thiophene rings is 1. The molecule has 0 spiro atoms. The first-order chi connectivity index (χ1) is 8.09. The molecule has 0 amide bonds. The maximum atomic E-state index is 10.3. The van der Waals surface area contributed by atoms with Crippen molar-refractivity contribution in [3.8, 4) is 0 Å². The number of hydrogen-bond donors (Lipinski definition) is 1. The van der Waals surface area contributed by atoms with E-state index in [1.807, 2.05) is 38.1 Å². The van der Waals surface area contributed by atoms with Crippen LogP contribution in [0.3, 0.4) is 0 Å². The largest absolute Gasteiger partial charge is 0.387 e. The van der Waals surface area contributed by atoms with E-state index in [9.17, 15) is 5.11 Å². The van der Waals surface area contributed by atoms with Crippen LogP contribution in [0.2, 0.25) is 0 Å². The van der Waals surface area contributed by atoms with Crippen molar-refractivity contribution in [1.82, 2.24) is 4.98 Å². The van der Waals surface area contributed by atoms with E-state index >= 15 is 0 Å². The molecule has 2 rings (SSSR count). The summed E-state index contributed by atoms with van der Waals surface area (Å²) < 4.78 is 1.08. The predicted molar refractivity (Wildman–Crippen MR) is 74.4 cm³/mol. The first kappa shape index (κ1) is 12.7. The Morgan fingerprint density at radius 2 is 2.18 bits per heavy atom. The number of rotatable bonds is 3. The number of aryl methyl sites for hydroxylation is 1. The minimum atomic E-state index is -0.500. The van der Waals surface area contributed by atoms with Gasteiger partial charge >= 0.3 is 0 Å². The SMILES string of the molecule is Cc1cc(C(O)C(C)c2ccccn2)sc1Br. The molecular weight excluding hydrogens is 298 g/mol. The zero-order valence-electron chi connectivity index (χ0n) is 9.72. The topological polar surface area (TPSA) is 33.1 Å². The fraction of sp³-hybridized carbons (Fsp3) is 0.308. The Kier molecular flexibility index (Phi) is 3.97. The van der Waals surface area contributed by atoms with Crippen LogP contribution < -0.4 is 0 Å². The van der Waals surface area contributed by atoms with Crippen LogP contribution >= 0.6 is 27.3 Å². The monoisotopic (exact) mass is 311 g/mol. The van der Waals surface area contributed by atoms with E-state index in [0.717, 1.165) is 19.9 Å². The summed E-state index contributed by atoms with van der Waals surface area (Å²) in [4.78, 5) is 5.27. The van der Waals surface area contributed by atoms with Gasteiger partial charge in [0.05, 0.1) is 9.89 Å². The third-order valence-corrected chi connectivity index (χ3v) is 5.00. The van der Waals surface area contributed by atoms with Crippen molar-refractivity contribution in [2.24, 2.45) is 0 Å². The van der Waals surface area contributed by atoms with Crippen molar-refractivity contribution in [2.75, 3.05) is 0 Å². The number of aliphatic hydroxyl groups is 1. The van der Waals surface area contributed by atoms with Gasteiger partial charge in [0.1, 0.15) is 0 Å². The first-order valence-corrected chi connectivity index (χ1v) is 7.05. The maximum Gasteiger partial charge on any atom is 0.0963 e. The van der Waals surface area contributed by atoms with Gasteiger partial charge in [-0.05, 0) is 46.6 Å². The van der Waals surface area contributed by atoms with Gasteiger partial charge in [-0.1, -0.05) is 13.0 Å². The normalized spacial score (nSPS) is 14.6. The molecule has 0 aliphatic rings. The Balaban J connectivity index is 2.23. The highest BCUT2D eigenvalue weighted by molar-refractivity contribution is 9.11. The number of aromatic nitrogens is 1. The fourth-order valence-corrected chi connectivity index (χ4v) is 3.35. The van der Waals surface area contributed by atoms with E-state index in [0.29, 0.717) is 0 Å². The summed E-state index contributed by atoms with van der Waals surface area (Å²) in [5, 5.41) is 10.3. The van der Waals surface area contributed by atoms with Crippen LogP contribution in [0, 0.1) is 6.92 Å². The van der Waals surface area contributed by atoms with E-state index in [1.165, 1.54) is 0 Å². The van der Waals surface area contributed by atoms with Gasteiger partial charge in [-0.2, -0.15) is 0 Å². The lowest BCUT2D eigenvalue weighted by atomic mass is 9.99. The molecule has 0 saturated carbocycles. The predicted octanol–water partition coefficient (Wildman–Crippen LogP) is 4.05. The third-order valence-electron chi connectivity index (χ3n) is 2.80. The zero-order chi connectivity index (χ0) is 12.4. The molecule has 0 aliphatic heterocycles. The van der Waals surface area contributed by atoms with Gasteiger partial charge in [-0.25, -0.2) is 0 Å². The van der Waals surface area contributed by atoms with Crippen LogP contribution in [0.25, 0.3) is 0 Å². The molecule has 17 heavy (non-hydrogen) atoms. The second-order valence-electron chi connectivity index (χ2n) is 4.09. The van der Waals surface area contributed by atoms with Crippen molar-refractivity contribution in [2.45, 2.75) is 25.9 Å². The molecule has 1 N–H and O–H groups in total. The van der Waals surface area contributed by atoms with Gasteiger partial charge in [0.25, 0.3) is 0 Å². The summed E-state index contributed by atoms with van der Waals surface area (Å²) in [5.74, 6) is 0.00106. The summed E-state index contributed by atoms with van der Waals surface area (Å²) >= 11 is 5.07. The van der Waals surface area contributed by atoms with Gasteiger partial charge < -0.3 is 5.11 Å². The molecule has 90 valence electrons. The van der Waals surface area contributed by atoms with Crippen LogP contribution in [-0.4, -0.2) is 10.1 Å². The molecule has 4 heteroatoms. The number of nitrogens with zero attached hydrogens (tertiary/aromatic N) is 1. The maximum absolute atomic E-state index is 10.3. The third kappa shape index (κ3) is 2.76. The average molecular weight is 312 g/mol. The number of halogens is 1. The Morgan fingerprint density at radius 1 is 1.41 bits per heavy atom. The van der Waals surface area contributed by atoms with Gasteiger partial charge in [-0.15, -0.1) is 11.3 Å². The molecule has 2 unspecified atom stereocenters. The van der Waals surface area contributed by atoms with Crippen LogP contribution in [0.15, 0.2) is 34.2 Å². The van der Waals surface area contributed by atoms with E-state index in [4.69, 9.17) is 0 Å². The Labute approximate surface area is 113 Å².